The fourth-order valence-corrected chi connectivity index (χ4v) is 6.13. The molecule has 0 aliphatic carbocycles. The molecule has 2 amide bonds. The molecule has 212 valence electrons. The van der Waals surface area contributed by atoms with Crippen LogP contribution < -0.4 is 15.4 Å². The molecule has 0 saturated carbocycles. The van der Waals surface area contributed by atoms with E-state index in [9.17, 15) is 14.7 Å². The fourth-order valence-electron chi connectivity index (χ4n) is 5.85. The van der Waals surface area contributed by atoms with Crippen molar-refractivity contribution < 1.29 is 24.2 Å². The van der Waals surface area contributed by atoms with Crippen LogP contribution in [-0.2, 0) is 21.6 Å². The van der Waals surface area contributed by atoms with E-state index < -0.39 is 11.7 Å². The van der Waals surface area contributed by atoms with E-state index in [0.717, 1.165) is 60.2 Å². The second-order valence-electron chi connectivity index (χ2n) is 10.4. The van der Waals surface area contributed by atoms with Gasteiger partial charge >= 0.3 is 6.09 Å². The largest absolute Gasteiger partial charge is 0.493 e. The summed E-state index contributed by atoms with van der Waals surface area (Å²) in [5, 5.41) is 19.0. The molecule has 2 atom stereocenters. The second kappa shape index (κ2) is 13.5. The third kappa shape index (κ3) is 6.86. The van der Waals surface area contributed by atoms with Crippen LogP contribution in [0, 0.1) is 5.92 Å². The lowest BCUT2D eigenvalue weighted by molar-refractivity contribution is -0.136. The first-order valence-electron chi connectivity index (χ1n) is 13.9. The van der Waals surface area contributed by atoms with Gasteiger partial charge in [-0.2, -0.15) is 0 Å². The Morgan fingerprint density at radius 2 is 2.08 bits per heavy atom. The highest BCUT2D eigenvalue weighted by Crippen LogP contribution is 2.46. The second-order valence-corrected chi connectivity index (χ2v) is 10.8. The van der Waals surface area contributed by atoms with Crippen molar-refractivity contribution >= 4 is 23.6 Å². The Balaban J connectivity index is 1.67. The predicted molar refractivity (Wildman–Crippen MR) is 152 cm³/mol. The minimum atomic E-state index is -1.28. The number of hydrogen-bond donors (Lipinski definition) is 3. The number of hydrogen-bond acceptors (Lipinski definition) is 6. The van der Waals surface area contributed by atoms with Crippen LogP contribution in [0.1, 0.15) is 49.7 Å². The molecule has 2 unspecified atom stereocenters. The molecule has 8 nitrogen and oxygen atoms in total. The Morgan fingerprint density at radius 1 is 1.23 bits per heavy atom. The Bertz CT molecular complexity index is 1160. The van der Waals surface area contributed by atoms with E-state index in [1.807, 2.05) is 42.3 Å². The molecule has 2 aromatic rings. The summed E-state index contributed by atoms with van der Waals surface area (Å²) < 4.78 is 10.5. The number of ether oxygens (including phenoxy) is 2. The molecule has 0 spiro atoms. The summed E-state index contributed by atoms with van der Waals surface area (Å²) in [6, 6.07) is 11.8. The van der Waals surface area contributed by atoms with Crippen molar-refractivity contribution in [1.82, 2.24) is 15.5 Å². The van der Waals surface area contributed by atoms with Crippen molar-refractivity contribution in [2.24, 2.45) is 5.92 Å². The van der Waals surface area contributed by atoms with Crippen LogP contribution in [0.2, 0.25) is 5.02 Å². The third-order valence-electron chi connectivity index (χ3n) is 7.92. The maximum atomic E-state index is 13.0. The zero-order chi connectivity index (χ0) is 27.8. The average molecular weight is 558 g/mol. The number of alkyl carbamates (subject to hydrolysis) is 1. The van der Waals surface area contributed by atoms with Gasteiger partial charge in [0.25, 0.3) is 0 Å². The van der Waals surface area contributed by atoms with Gasteiger partial charge < -0.3 is 30.1 Å². The van der Waals surface area contributed by atoms with Crippen LogP contribution >= 0.6 is 11.6 Å². The van der Waals surface area contributed by atoms with Gasteiger partial charge in [0.2, 0.25) is 5.91 Å². The average Bonchev–Trinajstić information content (AvgIpc) is 3.43. The van der Waals surface area contributed by atoms with Crippen LogP contribution in [0.4, 0.5) is 4.79 Å². The Morgan fingerprint density at radius 3 is 2.87 bits per heavy atom. The first-order valence-corrected chi connectivity index (χ1v) is 14.3. The van der Waals surface area contributed by atoms with Gasteiger partial charge in [0.15, 0.2) is 0 Å². The summed E-state index contributed by atoms with van der Waals surface area (Å²) in [7, 11) is 3.21. The molecule has 0 bridgehead atoms. The topological polar surface area (TPSA) is 100 Å². The summed E-state index contributed by atoms with van der Waals surface area (Å²) >= 11 is 6.84. The van der Waals surface area contributed by atoms with E-state index >= 15 is 0 Å². The van der Waals surface area contributed by atoms with E-state index in [-0.39, 0.29) is 11.8 Å². The lowest BCUT2D eigenvalue weighted by Crippen LogP contribution is -2.48. The quantitative estimate of drug-likeness (QED) is 0.352. The number of aliphatic hydroxyl groups is 1. The third-order valence-corrected chi connectivity index (χ3v) is 8.24. The standard InChI is InChI=1S/C30H40ClN3O5/c1-32-15-4-10-27(35)34-17-5-7-23(20-34)30(37,14-6-16-33-29(36)38-2)24-8-3-9-25(31)28(24)22-12-11-21-13-18-39-26(21)19-22/h3,8-9,11-12,19,23,32,37H,4-7,10,13-18,20H2,1-2H3,(H,33,36). The SMILES string of the molecule is CNCCCC(=O)N1CCCC(C(O)(CCCNC(=O)OC)c2cccc(Cl)c2-c2ccc3c(c2)OCC3)C1. The number of nitrogens with zero attached hydrogens (tertiary/aromatic N) is 1. The van der Waals surface area contributed by atoms with Gasteiger partial charge in [-0.1, -0.05) is 35.9 Å². The summed E-state index contributed by atoms with van der Waals surface area (Å²) in [6.07, 6.45) is 4.13. The molecular weight excluding hydrogens is 518 g/mol. The number of halogens is 1. The van der Waals surface area contributed by atoms with Crippen molar-refractivity contribution in [3.05, 3.63) is 52.5 Å². The number of nitrogens with one attached hydrogen (secondary N) is 2. The molecule has 9 heteroatoms. The van der Waals surface area contributed by atoms with Crippen LogP contribution in [0.5, 0.6) is 5.75 Å². The van der Waals surface area contributed by atoms with E-state index in [4.69, 9.17) is 21.1 Å². The number of likely N-dealkylation sites (tertiary alicyclic amines) is 1. The first kappa shape index (κ1) is 29.2. The zero-order valence-electron chi connectivity index (χ0n) is 22.9. The molecule has 1 saturated heterocycles. The van der Waals surface area contributed by atoms with Crippen molar-refractivity contribution in [2.75, 3.05) is 46.9 Å². The van der Waals surface area contributed by atoms with Crippen LogP contribution in [0.25, 0.3) is 11.1 Å². The van der Waals surface area contributed by atoms with Gasteiger partial charge in [-0.25, -0.2) is 4.79 Å². The van der Waals surface area contributed by atoms with Crippen LogP contribution in [-0.4, -0.2) is 69.0 Å². The van der Waals surface area contributed by atoms with Crippen molar-refractivity contribution in [1.29, 1.82) is 0 Å². The van der Waals surface area contributed by atoms with Crippen molar-refractivity contribution in [3.8, 4) is 16.9 Å². The van der Waals surface area contributed by atoms with E-state index in [0.29, 0.717) is 50.5 Å². The minimum Gasteiger partial charge on any atom is -0.493 e. The van der Waals surface area contributed by atoms with Gasteiger partial charge in [0, 0.05) is 49.0 Å². The summed E-state index contributed by atoms with van der Waals surface area (Å²) in [4.78, 5) is 26.6. The highest BCUT2D eigenvalue weighted by atomic mass is 35.5. The fraction of sp³-hybridized carbons (Fsp3) is 0.533. The van der Waals surface area contributed by atoms with Gasteiger partial charge in [0.05, 0.1) is 19.3 Å². The Labute approximate surface area is 236 Å². The van der Waals surface area contributed by atoms with Crippen LogP contribution in [0.15, 0.2) is 36.4 Å². The lowest BCUT2D eigenvalue weighted by atomic mass is 9.72. The van der Waals surface area contributed by atoms with Gasteiger partial charge in [0.1, 0.15) is 5.75 Å². The lowest BCUT2D eigenvalue weighted by Gasteiger charge is -2.44. The molecule has 2 aliphatic heterocycles. The molecule has 4 rings (SSSR count). The monoisotopic (exact) mass is 557 g/mol. The molecule has 39 heavy (non-hydrogen) atoms. The molecule has 2 aliphatic rings. The van der Waals surface area contributed by atoms with E-state index in [2.05, 4.69) is 16.7 Å². The number of amides is 2. The molecule has 1 fully saturated rings. The van der Waals surface area contributed by atoms with Crippen LogP contribution in [0.3, 0.4) is 0 Å². The number of piperidine rings is 1. The van der Waals surface area contributed by atoms with Gasteiger partial charge in [-0.3, -0.25) is 4.79 Å². The smallest absolute Gasteiger partial charge is 0.406 e. The molecule has 0 aromatic heterocycles. The minimum absolute atomic E-state index is 0.117. The van der Waals surface area contributed by atoms with Gasteiger partial charge in [-0.15, -0.1) is 0 Å². The number of rotatable bonds is 11. The molecular formula is C30H40ClN3O5. The number of carbonyl (C=O) groups excluding carboxylic acids is 2. The summed E-state index contributed by atoms with van der Waals surface area (Å²) in [6.45, 7) is 2.97. The molecule has 3 N–H and O–H groups in total. The summed E-state index contributed by atoms with van der Waals surface area (Å²) in [5.74, 6) is 0.771. The van der Waals surface area contributed by atoms with Gasteiger partial charge in [-0.05, 0) is 74.5 Å². The predicted octanol–water partition coefficient (Wildman–Crippen LogP) is 4.50. The molecule has 2 heterocycles. The van der Waals surface area contributed by atoms with E-state index in [1.165, 1.54) is 7.11 Å². The number of methoxy groups -OCH3 is 1. The first-order chi connectivity index (χ1) is 18.9. The molecule has 2 aromatic carbocycles. The van der Waals surface area contributed by atoms with E-state index in [1.54, 1.807) is 0 Å². The number of benzene rings is 2. The highest BCUT2D eigenvalue weighted by molar-refractivity contribution is 6.33. The maximum Gasteiger partial charge on any atom is 0.406 e. The molecule has 0 radical (unpaired) electrons. The zero-order valence-corrected chi connectivity index (χ0v) is 23.7. The number of fused-ring (bicyclic) bond motifs is 1. The van der Waals surface area contributed by atoms with Crippen molar-refractivity contribution in [2.45, 2.75) is 50.5 Å². The summed E-state index contributed by atoms with van der Waals surface area (Å²) in [5.41, 5.74) is 2.29. The Kier molecular flexibility index (Phi) is 10.1. The maximum absolute atomic E-state index is 13.0. The van der Waals surface area contributed by atoms with Crippen molar-refractivity contribution in [3.63, 3.8) is 0 Å². The normalized spacial score (nSPS) is 18.2. The number of carbonyl (C=O) groups is 2. The highest BCUT2D eigenvalue weighted by Gasteiger charge is 2.43. The Hall–Kier alpha value is -2.81.